The molecule has 0 unspecified atom stereocenters. The normalized spacial score (nSPS) is 20.7. The van der Waals surface area contributed by atoms with Crippen molar-refractivity contribution in [2.24, 2.45) is 0 Å². The highest BCUT2D eigenvalue weighted by molar-refractivity contribution is 5.82. The minimum atomic E-state index is -4.55. The van der Waals surface area contributed by atoms with E-state index in [1.807, 2.05) is 0 Å². The van der Waals surface area contributed by atoms with Crippen LogP contribution in [-0.4, -0.2) is 43.7 Å². The van der Waals surface area contributed by atoms with Crippen molar-refractivity contribution in [2.45, 2.75) is 31.1 Å². The number of nitrogens with zero attached hydrogens (tertiary/aromatic N) is 1. The maximum atomic E-state index is 13.3. The Kier molecular flexibility index (Phi) is 4.95. The van der Waals surface area contributed by atoms with Gasteiger partial charge >= 0.3 is 6.18 Å². The van der Waals surface area contributed by atoms with Gasteiger partial charge in [-0.1, -0.05) is 12.1 Å². The third-order valence-electron chi connectivity index (χ3n) is 3.89. The number of likely N-dealkylation sites (N-methyl/N-ethyl adjacent to an activating group) is 1. The Morgan fingerprint density at radius 2 is 2.00 bits per heavy atom. The number of likely N-dealkylation sites (tertiary alicyclic amines) is 1. The predicted molar refractivity (Wildman–Crippen MR) is 75.6 cm³/mol. The van der Waals surface area contributed by atoms with Crippen molar-refractivity contribution in [3.63, 3.8) is 0 Å². The first kappa shape index (κ1) is 16.6. The zero-order chi connectivity index (χ0) is 16.3. The summed E-state index contributed by atoms with van der Waals surface area (Å²) in [7, 11) is 3.18. The number of nitrogens with one attached hydrogen (secondary N) is 1. The second kappa shape index (κ2) is 6.56. The van der Waals surface area contributed by atoms with Crippen molar-refractivity contribution >= 4 is 5.91 Å². The molecule has 2 rings (SSSR count). The smallest absolute Gasteiger partial charge is 0.412 e. The molecule has 1 aromatic rings. The van der Waals surface area contributed by atoms with E-state index in [1.54, 1.807) is 11.9 Å². The Labute approximate surface area is 127 Å². The molecule has 0 bridgehead atoms. The van der Waals surface area contributed by atoms with Crippen molar-refractivity contribution in [3.8, 4) is 5.75 Å². The van der Waals surface area contributed by atoms with E-state index in [-0.39, 0.29) is 5.56 Å². The topological polar surface area (TPSA) is 41.6 Å². The van der Waals surface area contributed by atoms with Crippen molar-refractivity contribution in [1.29, 1.82) is 0 Å². The zero-order valence-corrected chi connectivity index (χ0v) is 12.5. The average molecular weight is 316 g/mol. The number of alkyl halides is 3. The van der Waals surface area contributed by atoms with E-state index in [0.29, 0.717) is 12.2 Å². The Hall–Kier alpha value is -1.76. The molecule has 4 nitrogen and oxygen atoms in total. The summed E-state index contributed by atoms with van der Waals surface area (Å²) in [5, 5.41) is 2.14. The van der Waals surface area contributed by atoms with Gasteiger partial charge in [-0.2, -0.15) is 13.2 Å². The molecule has 1 aliphatic heterocycles. The Morgan fingerprint density at radius 1 is 1.36 bits per heavy atom. The fourth-order valence-electron chi connectivity index (χ4n) is 2.63. The molecule has 1 amide bonds. The lowest BCUT2D eigenvalue weighted by atomic mass is 10.1. The number of amides is 1. The molecule has 1 heterocycles. The monoisotopic (exact) mass is 316 g/mol. The summed E-state index contributed by atoms with van der Waals surface area (Å²) in [6.45, 7) is 0.720. The lowest BCUT2D eigenvalue weighted by molar-refractivity contribution is -0.164. The number of benzene rings is 1. The second-order valence-electron chi connectivity index (χ2n) is 5.40. The second-order valence-corrected chi connectivity index (χ2v) is 5.40. The Morgan fingerprint density at radius 3 is 2.45 bits per heavy atom. The molecule has 7 heteroatoms. The first-order valence-corrected chi connectivity index (χ1v) is 7.04. The number of rotatable bonds is 4. The Balaban J connectivity index is 2.17. The van der Waals surface area contributed by atoms with Gasteiger partial charge in [-0.05, 0) is 44.1 Å². The molecular weight excluding hydrogens is 297 g/mol. The number of ether oxygens (including phenoxy) is 1. The maximum Gasteiger partial charge on any atom is 0.412 e. The van der Waals surface area contributed by atoms with E-state index < -0.39 is 24.2 Å². The molecule has 1 aromatic carbocycles. The van der Waals surface area contributed by atoms with Crippen LogP contribution in [-0.2, 0) is 4.79 Å². The number of hydrogen-bond acceptors (Lipinski definition) is 3. The van der Waals surface area contributed by atoms with Crippen LogP contribution in [0.1, 0.15) is 24.4 Å². The minimum absolute atomic E-state index is 0.0118. The maximum absolute atomic E-state index is 13.3. The van der Waals surface area contributed by atoms with E-state index in [2.05, 4.69) is 5.32 Å². The molecule has 22 heavy (non-hydrogen) atoms. The van der Waals surface area contributed by atoms with Crippen LogP contribution in [0, 0.1) is 0 Å². The molecule has 122 valence electrons. The lowest BCUT2D eigenvalue weighted by Crippen LogP contribution is -2.46. The summed E-state index contributed by atoms with van der Waals surface area (Å²) >= 11 is 0. The SMILES string of the molecule is COc1ccc([C@@H](NC(=O)[C@H]2CCCN2C)C(F)(F)F)cc1. The van der Waals surface area contributed by atoms with Crippen LogP contribution in [0.3, 0.4) is 0 Å². The highest BCUT2D eigenvalue weighted by atomic mass is 19.4. The molecule has 0 aromatic heterocycles. The van der Waals surface area contributed by atoms with E-state index in [1.165, 1.54) is 31.4 Å². The van der Waals surface area contributed by atoms with Gasteiger partial charge in [-0.25, -0.2) is 0 Å². The van der Waals surface area contributed by atoms with Gasteiger partial charge in [-0.3, -0.25) is 9.69 Å². The predicted octanol–water partition coefficient (Wildman–Crippen LogP) is 2.51. The summed E-state index contributed by atoms with van der Waals surface area (Å²) in [5.74, 6) is -0.121. The summed E-state index contributed by atoms with van der Waals surface area (Å²) < 4.78 is 44.8. The quantitative estimate of drug-likeness (QED) is 0.928. The summed E-state index contributed by atoms with van der Waals surface area (Å²) in [4.78, 5) is 13.9. The van der Waals surface area contributed by atoms with Crippen molar-refractivity contribution < 1.29 is 22.7 Å². The van der Waals surface area contributed by atoms with Crippen LogP contribution in [0.2, 0.25) is 0 Å². The Bertz CT molecular complexity index is 517. The van der Waals surface area contributed by atoms with Crippen LogP contribution < -0.4 is 10.1 Å². The summed E-state index contributed by atoms with van der Waals surface area (Å²) in [6.07, 6.45) is -3.16. The largest absolute Gasteiger partial charge is 0.497 e. The van der Waals surface area contributed by atoms with E-state index in [9.17, 15) is 18.0 Å². The highest BCUT2D eigenvalue weighted by Crippen LogP contribution is 2.33. The van der Waals surface area contributed by atoms with Crippen molar-refractivity contribution in [1.82, 2.24) is 10.2 Å². The molecule has 1 saturated heterocycles. The van der Waals surface area contributed by atoms with Gasteiger partial charge in [0.1, 0.15) is 5.75 Å². The highest BCUT2D eigenvalue weighted by Gasteiger charge is 2.43. The number of halogens is 3. The van der Waals surface area contributed by atoms with Crippen LogP contribution in [0.5, 0.6) is 5.75 Å². The van der Waals surface area contributed by atoms with Gasteiger partial charge in [0, 0.05) is 0 Å². The molecule has 1 fully saturated rings. The third-order valence-corrected chi connectivity index (χ3v) is 3.89. The summed E-state index contributed by atoms with van der Waals surface area (Å²) in [6, 6.07) is 3.01. The van der Waals surface area contributed by atoms with Crippen molar-refractivity contribution in [2.75, 3.05) is 20.7 Å². The molecule has 1 aliphatic rings. The molecule has 0 spiro atoms. The molecule has 0 saturated carbocycles. The third kappa shape index (κ3) is 3.71. The summed E-state index contributed by atoms with van der Waals surface area (Å²) in [5.41, 5.74) is -0.0118. The fraction of sp³-hybridized carbons (Fsp3) is 0.533. The zero-order valence-electron chi connectivity index (χ0n) is 12.5. The van der Waals surface area contributed by atoms with Gasteiger partial charge in [-0.15, -0.1) is 0 Å². The standard InChI is InChI=1S/C15H19F3N2O2/c1-20-9-3-4-12(20)14(21)19-13(15(16,17)18)10-5-7-11(22-2)8-6-10/h5-8,12-13H,3-4,9H2,1-2H3,(H,19,21)/t12-,13-/m1/s1. The molecule has 2 atom stereocenters. The number of carbonyl (C=O) groups excluding carboxylic acids is 1. The lowest BCUT2D eigenvalue weighted by Gasteiger charge is -2.26. The van der Waals surface area contributed by atoms with Gasteiger partial charge in [0.05, 0.1) is 13.2 Å². The van der Waals surface area contributed by atoms with Crippen LogP contribution in [0.25, 0.3) is 0 Å². The van der Waals surface area contributed by atoms with Gasteiger partial charge < -0.3 is 10.1 Å². The number of methoxy groups -OCH3 is 1. The van der Waals surface area contributed by atoms with E-state index >= 15 is 0 Å². The first-order chi connectivity index (χ1) is 10.3. The fourth-order valence-corrected chi connectivity index (χ4v) is 2.63. The molecule has 1 N–H and O–H groups in total. The molecular formula is C15H19F3N2O2. The van der Waals surface area contributed by atoms with Crippen molar-refractivity contribution in [3.05, 3.63) is 29.8 Å². The van der Waals surface area contributed by atoms with Gasteiger partial charge in [0.2, 0.25) is 5.91 Å². The minimum Gasteiger partial charge on any atom is -0.497 e. The van der Waals surface area contributed by atoms with Crippen LogP contribution >= 0.6 is 0 Å². The van der Waals surface area contributed by atoms with E-state index in [4.69, 9.17) is 4.74 Å². The first-order valence-electron chi connectivity index (χ1n) is 7.04. The molecule has 0 radical (unpaired) electrons. The van der Waals surface area contributed by atoms with Gasteiger partial charge in [0.25, 0.3) is 0 Å². The van der Waals surface area contributed by atoms with Crippen LogP contribution in [0.15, 0.2) is 24.3 Å². The van der Waals surface area contributed by atoms with Gasteiger partial charge in [0.15, 0.2) is 6.04 Å². The number of carbonyl (C=O) groups is 1. The van der Waals surface area contributed by atoms with Crippen LogP contribution in [0.4, 0.5) is 13.2 Å². The average Bonchev–Trinajstić information content (AvgIpc) is 2.90. The molecule has 0 aliphatic carbocycles. The van der Waals surface area contributed by atoms with E-state index in [0.717, 1.165) is 13.0 Å². The number of hydrogen-bond donors (Lipinski definition) is 1.